The molecule has 0 radical (unpaired) electrons. The minimum atomic E-state index is -0.299. The summed E-state index contributed by atoms with van der Waals surface area (Å²) in [6, 6.07) is 5.47. The maximum Gasteiger partial charge on any atom is 0.325 e. The fraction of sp³-hybridized carbons (Fsp3) is 0.412. The fourth-order valence-electron chi connectivity index (χ4n) is 2.90. The minimum absolute atomic E-state index is 0.0783. The van der Waals surface area contributed by atoms with Crippen LogP contribution in [0.5, 0.6) is 11.5 Å². The van der Waals surface area contributed by atoms with Crippen LogP contribution in [-0.4, -0.2) is 43.6 Å². The third-order valence-corrected chi connectivity index (χ3v) is 3.95. The lowest BCUT2D eigenvalue weighted by atomic mass is 10.0. The van der Waals surface area contributed by atoms with Crippen LogP contribution in [0.2, 0.25) is 0 Å². The van der Waals surface area contributed by atoms with Gasteiger partial charge in [0.25, 0.3) is 0 Å². The largest absolute Gasteiger partial charge is 0.465 e. The molecule has 1 heterocycles. The van der Waals surface area contributed by atoms with Crippen molar-refractivity contribution in [1.82, 2.24) is 4.90 Å². The molecule has 1 aliphatic heterocycles. The zero-order valence-electron chi connectivity index (χ0n) is 13.3. The Kier molecular flexibility index (Phi) is 4.23. The van der Waals surface area contributed by atoms with Crippen LogP contribution in [0.3, 0.4) is 0 Å². The van der Waals surface area contributed by atoms with Crippen molar-refractivity contribution in [2.24, 2.45) is 0 Å². The summed E-state index contributed by atoms with van der Waals surface area (Å²) in [6.07, 6.45) is 1.07. The summed E-state index contributed by atoms with van der Waals surface area (Å²) >= 11 is 0. The van der Waals surface area contributed by atoms with E-state index in [1.165, 1.54) is 0 Å². The zero-order valence-corrected chi connectivity index (χ0v) is 13.3. The topological polar surface area (TPSA) is 65.1 Å². The highest BCUT2D eigenvalue weighted by atomic mass is 16.7. The molecular weight excluding hydrogens is 298 g/mol. The Hall–Kier alpha value is -2.50. The maximum atomic E-state index is 12.3. The first-order valence-electron chi connectivity index (χ1n) is 7.63. The second kappa shape index (κ2) is 6.32. The molecule has 122 valence electrons. The van der Waals surface area contributed by atoms with Crippen LogP contribution in [-0.2, 0) is 14.3 Å². The highest BCUT2D eigenvalue weighted by Crippen LogP contribution is 2.38. The Morgan fingerprint density at radius 3 is 2.83 bits per heavy atom. The van der Waals surface area contributed by atoms with Crippen molar-refractivity contribution < 1.29 is 23.8 Å². The van der Waals surface area contributed by atoms with Crippen LogP contribution in [0.15, 0.2) is 23.9 Å². The Morgan fingerprint density at radius 1 is 1.26 bits per heavy atom. The van der Waals surface area contributed by atoms with Crippen LogP contribution < -0.4 is 9.47 Å². The zero-order chi connectivity index (χ0) is 16.4. The number of fused-ring (bicyclic) bond motifs is 1. The molecule has 0 N–H and O–H groups in total. The number of Topliss-reactive ketones (excluding diaryl/α,β-unsaturated/α-hetero) is 1. The maximum absolute atomic E-state index is 12.3. The van der Waals surface area contributed by atoms with Gasteiger partial charge in [0, 0.05) is 24.7 Å². The molecule has 6 nitrogen and oxygen atoms in total. The smallest absolute Gasteiger partial charge is 0.325 e. The Balaban J connectivity index is 1.90. The van der Waals surface area contributed by atoms with E-state index in [0.29, 0.717) is 36.5 Å². The molecule has 0 spiro atoms. The number of hydrogen-bond acceptors (Lipinski definition) is 6. The van der Waals surface area contributed by atoms with Crippen molar-refractivity contribution in [3.05, 3.63) is 29.5 Å². The van der Waals surface area contributed by atoms with Crippen molar-refractivity contribution in [3.63, 3.8) is 0 Å². The van der Waals surface area contributed by atoms with Gasteiger partial charge in [-0.15, -0.1) is 0 Å². The quantitative estimate of drug-likeness (QED) is 0.774. The summed E-state index contributed by atoms with van der Waals surface area (Å²) in [5.41, 5.74) is 2.31. The molecule has 1 aromatic carbocycles. The van der Waals surface area contributed by atoms with Gasteiger partial charge in [-0.3, -0.25) is 9.59 Å². The summed E-state index contributed by atoms with van der Waals surface area (Å²) in [5, 5.41) is 0. The minimum Gasteiger partial charge on any atom is -0.465 e. The summed E-state index contributed by atoms with van der Waals surface area (Å²) in [5.74, 6) is 1.10. The van der Waals surface area contributed by atoms with E-state index in [4.69, 9.17) is 14.2 Å². The van der Waals surface area contributed by atoms with Crippen LogP contribution in [0.4, 0.5) is 0 Å². The van der Waals surface area contributed by atoms with Gasteiger partial charge >= 0.3 is 5.97 Å². The Labute approximate surface area is 134 Å². The van der Waals surface area contributed by atoms with Crippen LogP contribution in [0.25, 0.3) is 5.57 Å². The van der Waals surface area contributed by atoms with E-state index in [2.05, 4.69) is 0 Å². The second-order valence-electron chi connectivity index (χ2n) is 5.47. The van der Waals surface area contributed by atoms with E-state index >= 15 is 0 Å². The first-order chi connectivity index (χ1) is 11.1. The highest BCUT2D eigenvalue weighted by Gasteiger charge is 2.28. The van der Waals surface area contributed by atoms with Crippen molar-refractivity contribution in [2.45, 2.75) is 19.8 Å². The van der Waals surface area contributed by atoms with E-state index in [0.717, 1.165) is 11.3 Å². The average molecular weight is 317 g/mol. The molecule has 3 rings (SSSR count). The molecule has 0 saturated carbocycles. The number of rotatable bonds is 5. The van der Waals surface area contributed by atoms with Gasteiger partial charge in [0.1, 0.15) is 6.54 Å². The molecule has 1 aliphatic carbocycles. The third-order valence-electron chi connectivity index (χ3n) is 3.95. The van der Waals surface area contributed by atoms with E-state index in [1.54, 1.807) is 24.9 Å². The van der Waals surface area contributed by atoms with Crippen molar-refractivity contribution >= 4 is 17.3 Å². The van der Waals surface area contributed by atoms with Gasteiger partial charge in [-0.2, -0.15) is 0 Å². The Morgan fingerprint density at radius 2 is 2.04 bits per heavy atom. The summed E-state index contributed by atoms with van der Waals surface area (Å²) in [6.45, 7) is 2.44. The molecule has 0 aromatic heterocycles. The number of esters is 1. The molecule has 0 saturated heterocycles. The molecule has 0 amide bonds. The van der Waals surface area contributed by atoms with Crippen molar-refractivity contribution in [3.8, 4) is 11.5 Å². The van der Waals surface area contributed by atoms with Crippen LogP contribution >= 0.6 is 0 Å². The third kappa shape index (κ3) is 3.02. The lowest BCUT2D eigenvalue weighted by Gasteiger charge is -2.21. The van der Waals surface area contributed by atoms with Gasteiger partial charge in [0.2, 0.25) is 6.79 Å². The molecule has 2 aliphatic rings. The highest BCUT2D eigenvalue weighted by molar-refractivity contribution is 6.23. The number of nitrogens with zero attached hydrogens (tertiary/aromatic N) is 1. The van der Waals surface area contributed by atoms with Crippen LogP contribution in [0.1, 0.15) is 25.3 Å². The number of carbonyl (C=O) groups excluding carboxylic acids is 2. The van der Waals surface area contributed by atoms with Crippen molar-refractivity contribution in [2.75, 3.05) is 27.0 Å². The summed E-state index contributed by atoms with van der Waals surface area (Å²) < 4.78 is 15.7. The van der Waals surface area contributed by atoms with Gasteiger partial charge in [-0.25, -0.2) is 0 Å². The van der Waals surface area contributed by atoms with E-state index in [-0.39, 0.29) is 25.1 Å². The Bertz CT molecular complexity index is 680. The summed E-state index contributed by atoms with van der Waals surface area (Å²) in [4.78, 5) is 25.8. The normalized spacial score (nSPS) is 16.0. The first kappa shape index (κ1) is 15.4. The number of ether oxygens (including phenoxy) is 3. The number of likely N-dealkylation sites (N-methyl/N-ethyl adjacent to an activating group) is 1. The summed E-state index contributed by atoms with van der Waals surface area (Å²) in [7, 11) is 1.80. The number of carbonyl (C=O) groups is 2. The van der Waals surface area contributed by atoms with Gasteiger partial charge in [-0.05, 0) is 31.0 Å². The molecule has 0 atom stereocenters. The van der Waals surface area contributed by atoms with E-state index in [9.17, 15) is 9.59 Å². The molecule has 23 heavy (non-hydrogen) atoms. The molecular formula is C17H19NO5. The number of allylic oxidation sites excluding steroid dienone is 2. The molecule has 6 heteroatoms. The standard InChI is InChI=1S/C17H19NO5/c1-3-21-16(20)9-18(2)12-5-6-13(19)17(12)11-4-7-14-15(8-11)23-10-22-14/h4,7-8H,3,5-6,9-10H2,1-2H3. The second-order valence-corrected chi connectivity index (χ2v) is 5.47. The monoisotopic (exact) mass is 317 g/mol. The number of hydrogen-bond donors (Lipinski definition) is 0. The molecule has 0 bridgehead atoms. The average Bonchev–Trinajstić information content (AvgIpc) is 3.12. The van der Waals surface area contributed by atoms with E-state index < -0.39 is 0 Å². The van der Waals surface area contributed by atoms with Gasteiger partial charge < -0.3 is 19.1 Å². The van der Waals surface area contributed by atoms with Gasteiger partial charge in [0.05, 0.1) is 6.61 Å². The lowest BCUT2D eigenvalue weighted by molar-refractivity contribution is -0.143. The van der Waals surface area contributed by atoms with Gasteiger partial charge in [-0.1, -0.05) is 6.07 Å². The number of benzene rings is 1. The SMILES string of the molecule is CCOC(=O)CN(C)C1=C(c2ccc3c(c2)OCO3)C(=O)CC1. The van der Waals surface area contributed by atoms with Gasteiger partial charge in [0.15, 0.2) is 17.3 Å². The van der Waals surface area contributed by atoms with E-state index in [1.807, 2.05) is 12.1 Å². The first-order valence-corrected chi connectivity index (χ1v) is 7.63. The molecule has 0 fully saturated rings. The van der Waals surface area contributed by atoms with Crippen molar-refractivity contribution in [1.29, 1.82) is 0 Å². The predicted molar refractivity (Wildman–Crippen MR) is 83.0 cm³/mol. The lowest BCUT2D eigenvalue weighted by Crippen LogP contribution is -2.27. The predicted octanol–water partition coefficient (Wildman–Crippen LogP) is 1.98. The molecule has 1 aromatic rings. The number of ketones is 1. The molecule has 0 unspecified atom stereocenters. The fourth-order valence-corrected chi connectivity index (χ4v) is 2.90. The van der Waals surface area contributed by atoms with Crippen LogP contribution in [0, 0.1) is 0 Å².